The van der Waals surface area contributed by atoms with E-state index in [0.29, 0.717) is 11.5 Å². The maximum atomic E-state index is 10.9. The Bertz CT molecular complexity index is 428. The lowest BCUT2D eigenvalue weighted by atomic mass is 10.2. The molecule has 0 bridgehead atoms. The van der Waals surface area contributed by atoms with Crippen LogP contribution in [0.2, 0.25) is 0 Å². The Labute approximate surface area is 92.6 Å². The highest BCUT2D eigenvalue weighted by Gasteiger charge is 2.13. The molecule has 1 aromatic carbocycles. The summed E-state index contributed by atoms with van der Waals surface area (Å²) in [5.41, 5.74) is 3.50. The Balaban J connectivity index is 2.15. The van der Waals surface area contributed by atoms with Crippen LogP contribution in [0.4, 0.5) is 0 Å². The Kier molecular flexibility index (Phi) is 2.95. The molecule has 2 rings (SSSR count). The molecule has 0 atom stereocenters. The van der Waals surface area contributed by atoms with Crippen LogP contribution in [0.25, 0.3) is 6.08 Å². The normalized spacial score (nSPS) is 12.1. The molecule has 0 spiro atoms. The fraction of sp³-hybridized carbons (Fsp3) is 0.182. The smallest absolute Gasteiger partial charge is 0.343 e. The van der Waals surface area contributed by atoms with Crippen molar-refractivity contribution in [2.75, 3.05) is 13.7 Å². The zero-order valence-electron chi connectivity index (χ0n) is 8.73. The van der Waals surface area contributed by atoms with Gasteiger partial charge < -0.3 is 14.3 Å². The van der Waals surface area contributed by atoms with Crippen LogP contribution in [0.15, 0.2) is 24.4 Å². The van der Waals surface area contributed by atoms with Gasteiger partial charge in [0, 0.05) is 11.8 Å². The number of fused-ring (bicyclic) bond motifs is 1. The molecule has 1 heterocycles. The zero-order chi connectivity index (χ0) is 11.4. The highest BCUT2D eigenvalue weighted by molar-refractivity contribution is 5.71. The van der Waals surface area contributed by atoms with Gasteiger partial charge in [-0.3, -0.25) is 0 Å². The molecule has 0 radical (unpaired) electrons. The van der Waals surface area contributed by atoms with Crippen LogP contribution in [0.1, 0.15) is 5.56 Å². The van der Waals surface area contributed by atoms with Crippen molar-refractivity contribution >= 4 is 12.0 Å². The molecular weight excluding hydrogens is 210 g/mol. The molecule has 0 aliphatic carbocycles. The molecule has 1 aromatic rings. The van der Waals surface area contributed by atoms with Crippen LogP contribution in [0.5, 0.6) is 11.5 Å². The van der Waals surface area contributed by atoms with Gasteiger partial charge in [0.15, 0.2) is 12.4 Å². The van der Waals surface area contributed by atoms with E-state index in [2.05, 4.69) is 10.2 Å². The molecule has 1 aliphatic heterocycles. The summed E-state index contributed by atoms with van der Waals surface area (Å²) in [7, 11) is 1.31. The monoisotopic (exact) mass is 221 g/mol. The molecule has 1 N–H and O–H groups in total. The van der Waals surface area contributed by atoms with Gasteiger partial charge in [-0.25, -0.2) is 10.3 Å². The average molecular weight is 221 g/mol. The summed E-state index contributed by atoms with van der Waals surface area (Å²) in [4.78, 5) is 16.1. The number of para-hydroxylation sites is 1. The van der Waals surface area contributed by atoms with Gasteiger partial charge in [0.25, 0.3) is 0 Å². The Morgan fingerprint density at radius 2 is 2.38 bits per heavy atom. The van der Waals surface area contributed by atoms with E-state index in [9.17, 15) is 4.79 Å². The zero-order valence-corrected chi connectivity index (χ0v) is 8.73. The summed E-state index contributed by atoms with van der Waals surface area (Å²) >= 11 is 0. The third-order valence-electron chi connectivity index (χ3n) is 2.07. The summed E-state index contributed by atoms with van der Waals surface area (Å²) < 4.78 is 9.77. The van der Waals surface area contributed by atoms with E-state index in [4.69, 9.17) is 9.57 Å². The largest absolute Gasteiger partial charge is 0.478 e. The first-order valence-electron chi connectivity index (χ1n) is 4.73. The summed E-state index contributed by atoms with van der Waals surface area (Å²) in [6.07, 6.45) is 3.52. The number of carbonyl (C=O) groups is 1. The third kappa shape index (κ3) is 2.08. The van der Waals surface area contributed by atoms with E-state index in [1.54, 1.807) is 12.3 Å². The quantitative estimate of drug-likeness (QED) is 0.775. The van der Waals surface area contributed by atoms with E-state index < -0.39 is 5.97 Å². The topological polar surface area (TPSA) is 56.8 Å². The third-order valence-corrected chi connectivity index (χ3v) is 2.07. The average Bonchev–Trinajstić information content (AvgIpc) is 2.35. The van der Waals surface area contributed by atoms with Gasteiger partial charge in [-0.2, -0.15) is 0 Å². The lowest BCUT2D eigenvalue weighted by Gasteiger charge is -2.16. The van der Waals surface area contributed by atoms with Crippen LogP contribution < -0.4 is 15.1 Å². The Hall–Kier alpha value is -2.17. The molecule has 84 valence electrons. The number of esters is 1. The van der Waals surface area contributed by atoms with Crippen LogP contribution >= 0.6 is 0 Å². The molecule has 0 fully saturated rings. The minimum Gasteiger partial charge on any atom is -0.478 e. The first-order valence-corrected chi connectivity index (χ1v) is 4.73. The molecule has 1 aliphatic rings. The second kappa shape index (κ2) is 4.57. The SMILES string of the molecule is COC(=O)COc1cccc2c1ONC=C2. The lowest BCUT2D eigenvalue weighted by Crippen LogP contribution is -2.17. The summed E-state index contributed by atoms with van der Waals surface area (Å²) in [6.45, 7) is -0.139. The van der Waals surface area contributed by atoms with Crippen molar-refractivity contribution in [3.8, 4) is 11.5 Å². The number of benzene rings is 1. The van der Waals surface area contributed by atoms with Gasteiger partial charge in [0.2, 0.25) is 5.75 Å². The molecule has 16 heavy (non-hydrogen) atoms. The lowest BCUT2D eigenvalue weighted by molar-refractivity contribution is -0.142. The molecular formula is C11H11NO4. The predicted octanol–water partition coefficient (Wildman–Crippen LogP) is 1.11. The van der Waals surface area contributed by atoms with Crippen molar-refractivity contribution < 1.29 is 19.1 Å². The van der Waals surface area contributed by atoms with Gasteiger partial charge in [0.05, 0.1) is 7.11 Å². The van der Waals surface area contributed by atoms with E-state index in [1.165, 1.54) is 7.11 Å². The molecule has 0 saturated heterocycles. The number of hydrogen-bond donors (Lipinski definition) is 1. The fourth-order valence-corrected chi connectivity index (χ4v) is 1.30. The summed E-state index contributed by atoms with van der Waals surface area (Å²) in [5.74, 6) is 0.630. The summed E-state index contributed by atoms with van der Waals surface area (Å²) in [6, 6.07) is 5.44. The van der Waals surface area contributed by atoms with E-state index >= 15 is 0 Å². The Morgan fingerprint density at radius 3 is 3.19 bits per heavy atom. The fourth-order valence-electron chi connectivity index (χ4n) is 1.30. The predicted molar refractivity (Wildman–Crippen MR) is 56.8 cm³/mol. The number of carbonyl (C=O) groups excluding carboxylic acids is 1. The summed E-state index contributed by atoms with van der Waals surface area (Å²) in [5, 5.41) is 0. The van der Waals surface area contributed by atoms with Crippen LogP contribution in [-0.4, -0.2) is 19.7 Å². The van der Waals surface area contributed by atoms with E-state index in [-0.39, 0.29) is 6.61 Å². The number of hydroxylamine groups is 1. The molecule has 0 unspecified atom stereocenters. The van der Waals surface area contributed by atoms with Crippen molar-refractivity contribution in [2.45, 2.75) is 0 Å². The van der Waals surface area contributed by atoms with Crippen molar-refractivity contribution in [2.24, 2.45) is 0 Å². The minimum absolute atomic E-state index is 0.139. The van der Waals surface area contributed by atoms with Gasteiger partial charge in [-0.1, -0.05) is 12.1 Å². The molecule has 5 nitrogen and oxygen atoms in total. The maximum absolute atomic E-state index is 10.9. The highest BCUT2D eigenvalue weighted by atomic mass is 16.7. The van der Waals surface area contributed by atoms with Crippen molar-refractivity contribution in [1.82, 2.24) is 5.48 Å². The first-order chi connectivity index (χ1) is 7.81. The van der Waals surface area contributed by atoms with Crippen molar-refractivity contribution in [1.29, 1.82) is 0 Å². The second-order valence-corrected chi connectivity index (χ2v) is 3.09. The maximum Gasteiger partial charge on any atom is 0.343 e. The molecule has 0 saturated carbocycles. The first kappa shape index (κ1) is 10.4. The molecule has 0 amide bonds. The molecule has 0 aromatic heterocycles. The van der Waals surface area contributed by atoms with E-state index in [1.807, 2.05) is 18.2 Å². The molecule has 5 heteroatoms. The van der Waals surface area contributed by atoms with E-state index in [0.717, 1.165) is 5.56 Å². The van der Waals surface area contributed by atoms with Crippen LogP contribution in [0.3, 0.4) is 0 Å². The van der Waals surface area contributed by atoms with Crippen LogP contribution in [0, 0.1) is 0 Å². The highest BCUT2D eigenvalue weighted by Crippen LogP contribution is 2.33. The second-order valence-electron chi connectivity index (χ2n) is 3.09. The number of methoxy groups -OCH3 is 1. The number of nitrogens with one attached hydrogen (secondary N) is 1. The number of rotatable bonds is 3. The van der Waals surface area contributed by atoms with Gasteiger partial charge in [0.1, 0.15) is 0 Å². The van der Waals surface area contributed by atoms with Crippen LogP contribution in [-0.2, 0) is 9.53 Å². The van der Waals surface area contributed by atoms with Gasteiger partial charge in [-0.05, 0) is 12.1 Å². The standard InChI is InChI=1S/C11H11NO4/c1-14-10(13)7-15-9-4-2-3-8-5-6-12-16-11(8)9/h2-6,12H,7H2,1H3. The van der Waals surface area contributed by atoms with Crippen molar-refractivity contribution in [3.63, 3.8) is 0 Å². The van der Waals surface area contributed by atoms with Crippen molar-refractivity contribution in [3.05, 3.63) is 30.0 Å². The van der Waals surface area contributed by atoms with Gasteiger partial charge in [-0.15, -0.1) is 0 Å². The number of hydrogen-bond acceptors (Lipinski definition) is 5. The van der Waals surface area contributed by atoms with Gasteiger partial charge >= 0.3 is 5.97 Å². The minimum atomic E-state index is -0.433. The number of ether oxygens (including phenoxy) is 2. The Morgan fingerprint density at radius 1 is 1.50 bits per heavy atom.